The topological polar surface area (TPSA) is 85.8 Å². The van der Waals surface area contributed by atoms with Gasteiger partial charge in [-0.15, -0.1) is 0 Å². The first-order valence-corrected chi connectivity index (χ1v) is 7.51. The van der Waals surface area contributed by atoms with Crippen LogP contribution in [0.3, 0.4) is 0 Å². The third-order valence-electron chi connectivity index (χ3n) is 4.41. The summed E-state index contributed by atoms with van der Waals surface area (Å²) in [6, 6.07) is 10.0. The number of aliphatic hydroxyl groups excluding tert-OH is 1. The summed E-state index contributed by atoms with van der Waals surface area (Å²) in [5.41, 5.74) is 1.81. The van der Waals surface area contributed by atoms with Gasteiger partial charge in [0.05, 0.1) is 18.3 Å². The van der Waals surface area contributed by atoms with Gasteiger partial charge in [0, 0.05) is 25.2 Å². The molecule has 3 rings (SSSR count). The second-order valence-corrected chi connectivity index (χ2v) is 5.82. The van der Waals surface area contributed by atoms with Gasteiger partial charge in [0.15, 0.2) is 0 Å². The third-order valence-corrected chi connectivity index (χ3v) is 4.41. The zero-order chi connectivity index (χ0) is 15.5. The summed E-state index contributed by atoms with van der Waals surface area (Å²) >= 11 is 0. The molecule has 0 aromatic heterocycles. The van der Waals surface area contributed by atoms with E-state index in [0.717, 1.165) is 30.8 Å². The molecule has 2 unspecified atom stereocenters. The molecule has 0 aliphatic carbocycles. The number of likely N-dealkylation sites (tertiary alicyclic amines) is 1. The Hall–Kier alpha value is -1.73. The van der Waals surface area contributed by atoms with Crippen LogP contribution in [0.4, 0.5) is 0 Å². The first-order valence-electron chi connectivity index (χ1n) is 7.51. The highest BCUT2D eigenvalue weighted by Crippen LogP contribution is 2.30. The highest BCUT2D eigenvalue weighted by molar-refractivity contribution is 5.75. The Labute approximate surface area is 130 Å². The van der Waals surface area contributed by atoms with E-state index in [9.17, 15) is 5.11 Å². The average Bonchev–Trinajstić information content (AvgIpc) is 2.86. The summed E-state index contributed by atoms with van der Waals surface area (Å²) in [7, 11) is 0. The first kappa shape index (κ1) is 15.2. The average molecular weight is 302 g/mol. The summed E-state index contributed by atoms with van der Waals surface area (Å²) in [5.74, 6) is 6.40. The highest BCUT2D eigenvalue weighted by atomic mass is 16.6. The number of allylic oxidation sites excluding steroid dienone is 1. The van der Waals surface area contributed by atoms with Crippen LogP contribution in [0.1, 0.15) is 12.0 Å². The largest absolute Gasteiger partial charge is 0.356 e. The van der Waals surface area contributed by atoms with E-state index in [0.29, 0.717) is 12.5 Å². The standard InChI is InChI=1S/C16H22N4O2/c17-8-14-6-7-15(20(14)18)13-9-19(10-13)16(21)22-11-12-4-2-1-3-5-12/h1-6,8,13,15-17,21H,7,9-11,18H2. The Morgan fingerprint density at radius 3 is 2.73 bits per heavy atom. The molecule has 0 spiro atoms. The molecule has 2 aliphatic heterocycles. The van der Waals surface area contributed by atoms with E-state index in [4.69, 9.17) is 16.0 Å². The van der Waals surface area contributed by atoms with E-state index < -0.39 is 6.41 Å². The number of aliphatic hydroxyl groups is 1. The zero-order valence-corrected chi connectivity index (χ0v) is 12.4. The Bertz CT molecular complexity index is 542. The van der Waals surface area contributed by atoms with E-state index in [1.807, 2.05) is 41.3 Å². The van der Waals surface area contributed by atoms with Crippen molar-refractivity contribution >= 4 is 6.21 Å². The molecule has 1 saturated heterocycles. The predicted octanol–water partition coefficient (Wildman–Crippen LogP) is 0.892. The maximum Gasteiger partial charge on any atom is 0.216 e. The van der Waals surface area contributed by atoms with Crippen molar-refractivity contribution < 1.29 is 9.84 Å². The molecule has 1 fully saturated rings. The lowest BCUT2D eigenvalue weighted by Gasteiger charge is -2.46. The van der Waals surface area contributed by atoms with Crippen LogP contribution >= 0.6 is 0 Å². The lowest BCUT2D eigenvalue weighted by atomic mass is 9.90. The number of ether oxygens (including phenoxy) is 1. The van der Waals surface area contributed by atoms with Crippen molar-refractivity contribution in [2.45, 2.75) is 25.5 Å². The third kappa shape index (κ3) is 3.05. The van der Waals surface area contributed by atoms with Crippen molar-refractivity contribution in [1.82, 2.24) is 9.91 Å². The smallest absolute Gasteiger partial charge is 0.216 e. The number of nitrogens with zero attached hydrogens (tertiary/aromatic N) is 2. The predicted molar refractivity (Wildman–Crippen MR) is 83.6 cm³/mol. The van der Waals surface area contributed by atoms with E-state index >= 15 is 0 Å². The fraction of sp³-hybridized carbons (Fsp3) is 0.438. The number of hydrogen-bond acceptors (Lipinski definition) is 6. The van der Waals surface area contributed by atoms with Crippen molar-refractivity contribution in [2.75, 3.05) is 13.1 Å². The molecule has 1 aromatic carbocycles. The summed E-state index contributed by atoms with van der Waals surface area (Å²) in [5, 5.41) is 19.0. The van der Waals surface area contributed by atoms with Gasteiger partial charge in [-0.25, -0.2) is 5.84 Å². The minimum absolute atomic E-state index is 0.217. The van der Waals surface area contributed by atoms with E-state index in [1.54, 1.807) is 5.01 Å². The molecule has 0 radical (unpaired) electrons. The molecule has 118 valence electrons. The number of hydrazine groups is 1. The molecule has 1 aromatic rings. The minimum Gasteiger partial charge on any atom is -0.356 e. The van der Waals surface area contributed by atoms with Crippen LogP contribution in [0.15, 0.2) is 42.1 Å². The van der Waals surface area contributed by atoms with Gasteiger partial charge in [0.25, 0.3) is 0 Å². The second kappa shape index (κ2) is 6.58. The quantitative estimate of drug-likeness (QED) is 0.413. The summed E-state index contributed by atoms with van der Waals surface area (Å²) in [6.07, 6.45) is 3.26. The lowest BCUT2D eigenvalue weighted by Crippen LogP contribution is -2.59. The van der Waals surface area contributed by atoms with Gasteiger partial charge in [-0.1, -0.05) is 36.4 Å². The first-order chi connectivity index (χ1) is 10.7. The van der Waals surface area contributed by atoms with Gasteiger partial charge >= 0.3 is 0 Å². The van der Waals surface area contributed by atoms with Gasteiger partial charge in [0.2, 0.25) is 6.41 Å². The van der Waals surface area contributed by atoms with Crippen molar-refractivity contribution in [3.05, 3.63) is 47.7 Å². The van der Waals surface area contributed by atoms with Crippen molar-refractivity contribution in [3.8, 4) is 0 Å². The monoisotopic (exact) mass is 302 g/mol. The van der Waals surface area contributed by atoms with Crippen LogP contribution in [-0.4, -0.2) is 46.8 Å². The van der Waals surface area contributed by atoms with Crippen LogP contribution in [0.2, 0.25) is 0 Å². The molecule has 4 N–H and O–H groups in total. The fourth-order valence-corrected chi connectivity index (χ4v) is 3.03. The highest BCUT2D eigenvalue weighted by Gasteiger charge is 2.40. The molecule has 0 amide bonds. The van der Waals surface area contributed by atoms with E-state index in [1.165, 1.54) is 6.21 Å². The number of nitrogens with one attached hydrogen (secondary N) is 1. The Kier molecular flexibility index (Phi) is 4.54. The molecule has 0 saturated carbocycles. The molecule has 22 heavy (non-hydrogen) atoms. The molecule has 6 nitrogen and oxygen atoms in total. The van der Waals surface area contributed by atoms with Crippen LogP contribution in [0.5, 0.6) is 0 Å². The van der Waals surface area contributed by atoms with Gasteiger partial charge in [0.1, 0.15) is 0 Å². The van der Waals surface area contributed by atoms with Crippen molar-refractivity contribution in [2.24, 2.45) is 11.8 Å². The van der Waals surface area contributed by atoms with Crippen molar-refractivity contribution in [3.63, 3.8) is 0 Å². The zero-order valence-electron chi connectivity index (χ0n) is 12.4. The molecule has 6 heteroatoms. The van der Waals surface area contributed by atoms with Gasteiger partial charge in [-0.2, -0.15) is 0 Å². The Morgan fingerprint density at radius 1 is 1.36 bits per heavy atom. The Balaban J connectivity index is 1.42. The number of benzene rings is 1. The second-order valence-electron chi connectivity index (χ2n) is 5.82. The van der Waals surface area contributed by atoms with Gasteiger partial charge < -0.3 is 20.3 Å². The summed E-state index contributed by atoms with van der Waals surface area (Å²) in [6.45, 7) is 1.91. The van der Waals surface area contributed by atoms with Crippen LogP contribution < -0.4 is 5.84 Å². The number of rotatable bonds is 6. The SMILES string of the molecule is N=CC1=CCC(C2CN(C(O)OCc3ccccc3)C2)N1N. The fourth-order valence-electron chi connectivity index (χ4n) is 3.03. The van der Waals surface area contributed by atoms with Gasteiger partial charge in [-0.3, -0.25) is 4.90 Å². The molecule has 0 bridgehead atoms. The number of nitrogens with two attached hydrogens (primary N) is 1. The minimum atomic E-state index is -0.876. The van der Waals surface area contributed by atoms with Crippen LogP contribution in [0, 0.1) is 11.3 Å². The maximum absolute atomic E-state index is 10.1. The molecular weight excluding hydrogens is 280 g/mol. The number of hydrogen-bond donors (Lipinski definition) is 3. The lowest BCUT2D eigenvalue weighted by molar-refractivity contribution is -0.232. The summed E-state index contributed by atoms with van der Waals surface area (Å²) < 4.78 is 5.50. The normalized spacial score (nSPS) is 24.0. The van der Waals surface area contributed by atoms with Crippen molar-refractivity contribution in [1.29, 1.82) is 5.41 Å². The molecule has 2 atom stereocenters. The molecular formula is C16H22N4O2. The van der Waals surface area contributed by atoms with Gasteiger partial charge in [-0.05, 0) is 12.0 Å². The Morgan fingerprint density at radius 2 is 2.09 bits per heavy atom. The molecule has 2 heterocycles. The summed E-state index contributed by atoms with van der Waals surface area (Å²) in [4.78, 5) is 1.89. The van der Waals surface area contributed by atoms with Crippen LogP contribution in [-0.2, 0) is 11.3 Å². The van der Waals surface area contributed by atoms with E-state index in [2.05, 4.69) is 0 Å². The molecule has 2 aliphatic rings. The maximum atomic E-state index is 10.1. The van der Waals surface area contributed by atoms with Crippen LogP contribution in [0.25, 0.3) is 0 Å². The van der Waals surface area contributed by atoms with E-state index in [-0.39, 0.29) is 6.04 Å².